The third-order valence-electron chi connectivity index (χ3n) is 4.78. The minimum absolute atomic E-state index is 0.0207. The first kappa shape index (κ1) is 17.2. The van der Waals surface area contributed by atoms with Gasteiger partial charge in [0.2, 0.25) is 5.91 Å². The van der Waals surface area contributed by atoms with Crippen molar-refractivity contribution in [3.63, 3.8) is 0 Å². The van der Waals surface area contributed by atoms with Crippen molar-refractivity contribution in [2.45, 2.75) is 32.4 Å². The van der Waals surface area contributed by atoms with E-state index >= 15 is 0 Å². The Hall–Kier alpha value is -2.63. The van der Waals surface area contributed by atoms with Gasteiger partial charge in [0.05, 0.1) is 0 Å². The largest absolute Gasteiger partial charge is 0.335 e. The summed E-state index contributed by atoms with van der Waals surface area (Å²) in [6, 6.07) is 11.7. The first-order valence-electron chi connectivity index (χ1n) is 8.70. The highest BCUT2D eigenvalue weighted by atomic mass is 16.2. The summed E-state index contributed by atoms with van der Waals surface area (Å²) in [5.41, 5.74) is 1.67. The molecule has 0 unspecified atom stereocenters. The molecule has 1 aromatic heterocycles. The molecule has 0 N–H and O–H groups in total. The fraction of sp³-hybridized carbons (Fsp3) is 0.421. The van der Waals surface area contributed by atoms with Crippen molar-refractivity contribution < 1.29 is 9.59 Å². The van der Waals surface area contributed by atoms with E-state index in [1.165, 1.54) is 0 Å². The summed E-state index contributed by atoms with van der Waals surface area (Å²) in [5.74, 6) is 0.0452. The van der Waals surface area contributed by atoms with Gasteiger partial charge >= 0.3 is 0 Å². The maximum absolute atomic E-state index is 12.8. The Kier molecular flexibility index (Phi) is 5.16. The lowest BCUT2D eigenvalue weighted by atomic mass is 10.1. The highest BCUT2D eigenvalue weighted by molar-refractivity contribution is 5.93. The van der Waals surface area contributed by atoms with E-state index in [0.717, 1.165) is 12.0 Å². The van der Waals surface area contributed by atoms with Gasteiger partial charge in [-0.1, -0.05) is 37.3 Å². The predicted octanol–water partition coefficient (Wildman–Crippen LogP) is 2.07. The fourth-order valence-electron chi connectivity index (χ4n) is 3.30. The number of carbonyl (C=O) groups is 2. The Balaban J connectivity index is 1.79. The number of carbonyl (C=O) groups excluding carboxylic acids is 2. The summed E-state index contributed by atoms with van der Waals surface area (Å²) in [6.45, 7) is 3.66. The monoisotopic (exact) mass is 340 g/mol. The molecule has 1 saturated heterocycles. The molecule has 1 aromatic carbocycles. The molecule has 0 radical (unpaired) electrons. The van der Waals surface area contributed by atoms with E-state index in [9.17, 15) is 9.59 Å². The van der Waals surface area contributed by atoms with Crippen molar-refractivity contribution in [1.29, 1.82) is 0 Å². The normalized spacial score (nSPS) is 18.3. The second-order valence-electron chi connectivity index (χ2n) is 6.41. The molecule has 1 aliphatic rings. The molecular formula is C19H24N4O2. The summed E-state index contributed by atoms with van der Waals surface area (Å²) in [7, 11) is 1.76. The average molecular weight is 340 g/mol. The van der Waals surface area contributed by atoms with Crippen LogP contribution in [0.1, 0.15) is 35.8 Å². The number of aryl methyl sites for hydroxylation is 1. The number of hydrogen-bond acceptors (Lipinski definition) is 3. The topological polar surface area (TPSA) is 58.4 Å². The lowest BCUT2D eigenvalue weighted by Crippen LogP contribution is -2.44. The van der Waals surface area contributed by atoms with E-state index in [1.807, 2.05) is 35.2 Å². The maximum Gasteiger partial charge on any atom is 0.272 e. The van der Waals surface area contributed by atoms with Gasteiger partial charge in [-0.05, 0) is 18.1 Å². The third kappa shape index (κ3) is 3.73. The van der Waals surface area contributed by atoms with E-state index in [-0.39, 0.29) is 17.9 Å². The van der Waals surface area contributed by atoms with Gasteiger partial charge in [-0.2, -0.15) is 5.10 Å². The molecule has 2 aromatic rings. The average Bonchev–Trinajstić information content (AvgIpc) is 2.99. The zero-order valence-electron chi connectivity index (χ0n) is 14.8. The Labute approximate surface area is 148 Å². The molecule has 2 amide bonds. The summed E-state index contributed by atoms with van der Waals surface area (Å²) < 4.78 is 1.58. The van der Waals surface area contributed by atoms with Crippen molar-refractivity contribution in [3.05, 3.63) is 53.9 Å². The van der Waals surface area contributed by atoms with Gasteiger partial charge in [0.15, 0.2) is 0 Å². The lowest BCUT2D eigenvalue weighted by Gasteiger charge is -2.31. The van der Waals surface area contributed by atoms with Gasteiger partial charge in [-0.15, -0.1) is 0 Å². The highest BCUT2D eigenvalue weighted by Gasteiger charge is 2.31. The summed E-state index contributed by atoms with van der Waals surface area (Å²) >= 11 is 0. The van der Waals surface area contributed by atoms with E-state index in [4.69, 9.17) is 0 Å². The Morgan fingerprint density at radius 1 is 1.24 bits per heavy atom. The molecule has 1 aliphatic heterocycles. The lowest BCUT2D eigenvalue weighted by molar-refractivity contribution is -0.133. The number of benzene rings is 1. The van der Waals surface area contributed by atoms with Crippen LogP contribution in [0.5, 0.6) is 0 Å². The third-order valence-corrected chi connectivity index (χ3v) is 4.78. The van der Waals surface area contributed by atoms with Crippen molar-refractivity contribution in [3.8, 4) is 0 Å². The summed E-state index contributed by atoms with van der Waals surface area (Å²) in [5, 5.41) is 4.07. The predicted molar refractivity (Wildman–Crippen MR) is 94.8 cm³/mol. The van der Waals surface area contributed by atoms with Gasteiger partial charge in [0, 0.05) is 45.3 Å². The Bertz CT molecular complexity index is 741. The van der Waals surface area contributed by atoms with Gasteiger partial charge in [0.25, 0.3) is 5.91 Å². The minimum Gasteiger partial charge on any atom is -0.335 e. The van der Waals surface area contributed by atoms with Gasteiger partial charge in [0.1, 0.15) is 5.69 Å². The van der Waals surface area contributed by atoms with Crippen molar-refractivity contribution in [1.82, 2.24) is 19.6 Å². The summed E-state index contributed by atoms with van der Waals surface area (Å²) in [6.07, 6.45) is 2.79. The molecule has 25 heavy (non-hydrogen) atoms. The summed E-state index contributed by atoms with van der Waals surface area (Å²) in [4.78, 5) is 29.2. The molecule has 1 fully saturated rings. The SMILES string of the molecule is CC[C@@H]1CN(C(=O)c2ccnn2C)CCC(=O)N1Cc1ccccc1. The van der Waals surface area contributed by atoms with Crippen molar-refractivity contribution >= 4 is 11.8 Å². The molecule has 0 bridgehead atoms. The molecule has 0 aliphatic carbocycles. The molecule has 3 rings (SSSR count). The zero-order chi connectivity index (χ0) is 17.8. The number of aromatic nitrogens is 2. The van der Waals surface area contributed by atoms with Crippen LogP contribution >= 0.6 is 0 Å². The van der Waals surface area contributed by atoms with Crippen LogP contribution in [-0.4, -0.2) is 50.5 Å². The number of amides is 2. The minimum atomic E-state index is -0.0622. The van der Waals surface area contributed by atoms with Crippen LogP contribution in [0.15, 0.2) is 42.6 Å². The molecular weight excluding hydrogens is 316 g/mol. The zero-order valence-corrected chi connectivity index (χ0v) is 14.8. The fourth-order valence-corrected chi connectivity index (χ4v) is 3.30. The van der Waals surface area contributed by atoms with Gasteiger partial charge < -0.3 is 9.80 Å². The van der Waals surface area contributed by atoms with E-state index < -0.39 is 0 Å². The first-order chi connectivity index (χ1) is 12.1. The molecule has 2 heterocycles. The number of hydrogen-bond donors (Lipinski definition) is 0. The van der Waals surface area contributed by atoms with E-state index in [2.05, 4.69) is 12.0 Å². The molecule has 1 atom stereocenters. The van der Waals surface area contributed by atoms with Crippen LogP contribution in [0.2, 0.25) is 0 Å². The van der Waals surface area contributed by atoms with Crippen molar-refractivity contribution in [2.75, 3.05) is 13.1 Å². The second kappa shape index (κ2) is 7.51. The molecule has 132 valence electrons. The number of nitrogens with zero attached hydrogens (tertiary/aromatic N) is 4. The quantitative estimate of drug-likeness (QED) is 0.856. The van der Waals surface area contributed by atoms with E-state index in [1.54, 1.807) is 28.9 Å². The number of rotatable bonds is 4. The molecule has 0 saturated carbocycles. The van der Waals surface area contributed by atoms with Crippen LogP contribution in [0.3, 0.4) is 0 Å². The highest BCUT2D eigenvalue weighted by Crippen LogP contribution is 2.19. The van der Waals surface area contributed by atoms with Crippen molar-refractivity contribution in [2.24, 2.45) is 7.05 Å². The van der Waals surface area contributed by atoms with Crippen LogP contribution in [-0.2, 0) is 18.4 Å². The van der Waals surface area contributed by atoms with Crippen LogP contribution < -0.4 is 0 Å². The Morgan fingerprint density at radius 3 is 2.64 bits per heavy atom. The van der Waals surface area contributed by atoms with Gasteiger partial charge in [-0.3, -0.25) is 14.3 Å². The van der Waals surface area contributed by atoms with Crippen LogP contribution in [0.25, 0.3) is 0 Å². The molecule has 6 nitrogen and oxygen atoms in total. The Morgan fingerprint density at radius 2 is 2.00 bits per heavy atom. The molecule has 0 spiro atoms. The standard InChI is InChI=1S/C19H24N4O2/c1-3-16-14-22(19(25)17-9-11-20-21(17)2)12-10-18(24)23(16)13-15-7-5-4-6-8-15/h4-9,11,16H,3,10,12-14H2,1-2H3/t16-/m1/s1. The van der Waals surface area contributed by atoms with E-state index in [0.29, 0.717) is 31.7 Å². The second-order valence-corrected chi connectivity index (χ2v) is 6.41. The van der Waals surface area contributed by atoms with Gasteiger partial charge in [-0.25, -0.2) is 0 Å². The van der Waals surface area contributed by atoms with Crippen LogP contribution in [0.4, 0.5) is 0 Å². The first-order valence-corrected chi connectivity index (χ1v) is 8.70. The smallest absolute Gasteiger partial charge is 0.272 e. The molecule has 6 heteroatoms. The van der Waals surface area contributed by atoms with Crippen LogP contribution in [0, 0.1) is 0 Å². The maximum atomic E-state index is 12.8.